The van der Waals surface area contributed by atoms with Crippen LogP contribution < -0.4 is 0 Å². The number of aromatic nitrogens is 3. The minimum atomic E-state index is 0.0126. The fourth-order valence-electron chi connectivity index (χ4n) is 1.89. The van der Waals surface area contributed by atoms with E-state index >= 15 is 0 Å². The highest BCUT2D eigenvalue weighted by molar-refractivity contribution is 6.30. The zero-order valence-electron chi connectivity index (χ0n) is 10.6. The maximum Gasteiger partial charge on any atom is 0.169 e. The lowest BCUT2D eigenvalue weighted by Gasteiger charge is -2.04. The molecule has 2 heterocycles. The van der Waals surface area contributed by atoms with Crippen molar-refractivity contribution in [1.82, 2.24) is 14.8 Å². The van der Waals surface area contributed by atoms with E-state index in [1.54, 1.807) is 24.1 Å². The van der Waals surface area contributed by atoms with E-state index in [-0.39, 0.29) is 12.2 Å². The number of hydrogen-bond acceptors (Lipinski definition) is 3. The van der Waals surface area contributed by atoms with E-state index in [0.717, 1.165) is 16.8 Å². The third kappa shape index (κ3) is 2.29. The molecule has 94 valence electrons. The van der Waals surface area contributed by atoms with Gasteiger partial charge in [-0.15, -0.1) is 0 Å². The second kappa shape index (κ2) is 4.90. The van der Waals surface area contributed by atoms with Crippen LogP contribution in [-0.4, -0.2) is 20.5 Å². The van der Waals surface area contributed by atoms with E-state index in [1.165, 1.54) is 0 Å². The molecule has 0 spiro atoms. The van der Waals surface area contributed by atoms with Gasteiger partial charge in [0, 0.05) is 37.0 Å². The molecule has 0 N–H and O–H groups in total. The van der Waals surface area contributed by atoms with Gasteiger partial charge in [0.15, 0.2) is 5.78 Å². The van der Waals surface area contributed by atoms with Crippen LogP contribution in [0.1, 0.15) is 27.2 Å². The number of aryl methyl sites for hydroxylation is 3. The van der Waals surface area contributed by atoms with Gasteiger partial charge < -0.3 is 0 Å². The first-order chi connectivity index (χ1) is 8.50. The number of hydrogen-bond donors (Lipinski definition) is 0. The van der Waals surface area contributed by atoms with Gasteiger partial charge >= 0.3 is 0 Å². The molecule has 0 unspecified atom stereocenters. The summed E-state index contributed by atoms with van der Waals surface area (Å²) in [6.45, 7) is 3.75. The molecule has 0 aliphatic rings. The molecule has 4 nitrogen and oxygen atoms in total. The Labute approximate surface area is 111 Å². The van der Waals surface area contributed by atoms with E-state index in [1.807, 2.05) is 19.9 Å². The third-order valence-corrected chi connectivity index (χ3v) is 3.42. The number of Topliss-reactive ketones (excluding diaryl/α,β-unsaturated/α-hetero) is 1. The molecule has 2 aromatic rings. The summed E-state index contributed by atoms with van der Waals surface area (Å²) < 4.78 is 1.58. The van der Waals surface area contributed by atoms with Crippen LogP contribution in [0, 0.1) is 13.8 Å². The maximum absolute atomic E-state index is 12.2. The molecular formula is C13H14ClN3O. The Morgan fingerprint density at radius 3 is 2.72 bits per heavy atom. The minimum absolute atomic E-state index is 0.0126. The minimum Gasteiger partial charge on any atom is -0.294 e. The van der Waals surface area contributed by atoms with Crippen molar-refractivity contribution in [3.8, 4) is 0 Å². The van der Waals surface area contributed by atoms with Gasteiger partial charge in [-0.05, 0) is 25.5 Å². The van der Waals surface area contributed by atoms with Gasteiger partial charge in [-0.1, -0.05) is 11.6 Å². The Balaban J connectivity index is 2.30. The van der Waals surface area contributed by atoms with Crippen molar-refractivity contribution in [3.63, 3.8) is 0 Å². The molecule has 2 rings (SSSR count). The highest BCUT2D eigenvalue weighted by Gasteiger charge is 2.17. The molecular weight excluding hydrogens is 250 g/mol. The number of nitrogens with zero attached hydrogens (tertiary/aromatic N) is 3. The van der Waals surface area contributed by atoms with Crippen LogP contribution in [0.2, 0.25) is 5.15 Å². The lowest BCUT2D eigenvalue weighted by molar-refractivity contribution is 0.0992. The predicted octanol–water partition coefficient (Wildman–Crippen LogP) is 2.51. The summed E-state index contributed by atoms with van der Waals surface area (Å²) >= 11 is 6.12. The summed E-state index contributed by atoms with van der Waals surface area (Å²) in [6.07, 6.45) is 3.52. The number of ketones is 1. The molecule has 0 fully saturated rings. The molecule has 2 aromatic heterocycles. The third-order valence-electron chi connectivity index (χ3n) is 2.95. The molecule has 0 radical (unpaired) electrons. The Morgan fingerprint density at radius 1 is 1.44 bits per heavy atom. The molecule has 0 aromatic carbocycles. The van der Waals surface area contributed by atoms with Crippen LogP contribution in [0.25, 0.3) is 0 Å². The summed E-state index contributed by atoms with van der Waals surface area (Å²) in [4.78, 5) is 16.2. The Bertz CT molecular complexity index is 604. The number of rotatable bonds is 3. The molecule has 5 heteroatoms. The van der Waals surface area contributed by atoms with Gasteiger partial charge in [0.05, 0.1) is 5.69 Å². The van der Waals surface area contributed by atoms with E-state index in [4.69, 9.17) is 11.6 Å². The number of carbonyl (C=O) groups excluding carboxylic acids is 1. The summed E-state index contributed by atoms with van der Waals surface area (Å²) in [7, 11) is 1.76. The molecule has 18 heavy (non-hydrogen) atoms. The lowest BCUT2D eigenvalue weighted by Crippen LogP contribution is -2.07. The lowest BCUT2D eigenvalue weighted by atomic mass is 10.0. The van der Waals surface area contributed by atoms with Crippen LogP contribution in [0.4, 0.5) is 0 Å². The average molecular weight is 264 g/mol. The van der Waals surface area contributed by atoms with Crippen molar-refractivity contribution in [3.05, 3.63) is 46.0 Å². The molecule has 0 aliphatic carbocycles. The number of carbonyl (C=O) groups is 1. The first-order valence-electron chi connectivity index (χ1n) is 5.62. The molecule has 0 saturated heterocycles. The van der Waals surface area contributed by atoms with Crippen LogP contribution in [0.5, 0.6) is 0 Å². The Kier molecular flexibility index (Phi) is 3.48. The maximum atomic E-state index is 12.2. The van der Waals surface area contributed by atoms with Crippen molar-refractivity contribution in [1.29, 1.82) is 0 Å². The van der Waals surface area contributed by atoms with Crippen molar-refractivity contribution < 1.29 is 4.79 Å². The second-order valence-electron chi connectivity index (χ2n) is 4.27. The predicted molar refractivity (Wildman–Crippen MR) is 70.0 cm³/mol. The highest BCUT2D eigenvalue weighted by atomic mass is 35.5. The fourth-order valence-corrected chi connectivity index (χ4v) is 2.13. The van der Waals surface area contributed by atoms with E-state index in [9.17, 15) is 4.79 Å². The molecule has 0 amide bonds. The quantitative estimate of drug-likeness (QED) is 0.800. The monoisotopic (exact) mass is 263 g/mol. The van der Waals surface area contributed by atoms with Crippen LogP contribution >= 0.6 is 11.6 Å². The van der Waals surface area contributed by atoms with Gasteiger partial charge in [-0.25, -0.2) is 0 Å². The normalized spacial score (nSPS) is 10.7. The standard InChI is InChI=1S/C13H14ClN3O/c1-8-4-5-15-7-11(8)12(18)6-10-9(2)16-17(3)13(10)14/h4-5,7H,6H2,1-3H3. The van der Waals surface area contributed by atoms with Crippen molar-refractivity contribution in [2.24, 2.45) is 7.05 Å². The molecule has 0 saturated carbocycles. The molecule has 0 atom stereocenters. The van der Waals surface area contributed by atoms with Gasteiger partial charge in [0.1, 0.15) is 5.15 Å². The smallest absolute Gasteiger partial charge is 0.169 e. The summed E-state index contributed by atoms with van der Waals surface area (Å²) in [5.74, 6) is 0.0126. The van der Waals surface area contributed by atoms with E-state index in [2.05, 4.69) is 10.1 Å². The van der Waals surface area contributed by atoms with Crippen molar-refractivity contribution in [2.75, 3.05) is 0 Å². The van der Waals surface area contributed by atoms with Gasteiger partial charge in [0.2, 0.25) is 0 Å². The first-order valence-corrected chi connectivity index (χ1v) is 6.00. The van der Waals surface area contributed by atoms with Gasteiger partial charge in [-0.2, -0.15) is 5.10 Å². The zero-order valence-corrected chi connectivity index (χ0v) is 11.3. The van der Waals surface area contributed by atoms with Crippen molar-refractivity contribution >= 4 is 17.4 Å². The summed E-state index contributed by atoms with van der Waals surface area (Å²) in [6, 6.07) is 1.82. The van der Waals surface area contributed by atoms with E-state index in [0.29, 0.717) is 10.7 Å². The van der Waals surface area contributed by atoms with Crippen LogP contribution in [0.15, 0.2) is 18.5 Å². The molecule has 0 bridgehead atoms. The average Bonchev–Trinajstić information content (AvgIpc) is 2.56. The second-order valence-corrected chi connectivity index (χ2v) is 4.63. The first kappa shape index (κ1) is 12.8. The summed E-state index contributed by atoms with van der Waals surface area (Å²) in [5.41, 5.74) is 3.13. The topological polar surface area (TPSA) is 47.8 Å². The van der Waals surface area contributed by atoms with Crippen LogP contribution in [0.3, 0.4) is 0 Å². The SMILES string of the molecule is Cc1ccncc1C(=O)Cc1c(C)nn(C)c1Cl. The largest absolute Gasteiger partial charge is 0.294 e. The Morgan fingerprint density at radius 2 is 2.17 bits per heavy atom. The molecule has 0 aliphatic heterocycles. The number of halogens is 1. The van der Waals surface area contributed by atoms with Crippen molar-refractivity contribution in [2.45, 2.75) is 20.3 Å². The van der Waals surface area contributed by atoms with E-state index < -0.39 is 0 Å². The van der Waals surface area contributed by atoms with Gasteiger partial charge in [-0.3, -0.25) is 14.5 Å². The highest BCUT2D eigenvalue weighted by Crippen LogP contribution is 2.21. The number of pyridine rings is 1. The fraction of sp³-hybridized carbons (Fsp3) is 0.308. The van der Waals surface area contributed by atoms with Gasteiger partial charge in [0.25, 0.3) is 0 Å². The zero-order chi connectivity index (χ0) is 13.3. The summed E-state index contributed by atoms with van der Waals surface area (Å²) in [5, 5.41) is 4.71. The Hall–Kier alpha value is -1.68. The van der Waals surface area contributed by atoms with Crippen LogP contribution in [-0.2, 0) is 13.5 Å².